The van der Waals surface area contributed by atoms with Crippen LogP contribution in [0.15, 0.2) is 0 Å². The van der Waals surface area contributed by atoms with Gasteiger partial charge in [0.2, 0.25) is 0 Å². The van der Waals surface area contributed by atoms with Crippen molar-refractivity contribution >= 4 is 8.24 Å². The lowest BCUT2D eigenvalue weighted by atomic mass is 10.2. The van der Waals surface area contributed by atoms with Crippen molar-refractivity contribution in [3.63, 3.8) is 0 Å². The van der Waals surface area contributed by atoms with Crippen LogP contribution in [0.1, 0.15) is 32.6 Å². The molecule has 0 saturated heterocycles. The Morgan fingerprint density at radius 2 is 1.70 bits per heavy atom. The van der Waals surface area contributed by atoms with Crippen LogP contribution in [0.25, 0.3) is 0 Å². The standard InChI is InChI=1S/C8H20NSi/c1-4-5-6-7-8-10(2,3)9/h9H,4-8H2,1-3H3. The van der Waals surface area contributed by atoms with Crippen molar-refractivity contribution in [3.05, 3.63) is 0 Å². The molecule has 0 amide bonds. The highest BCUT2D eigenvalue weighted by atomic mass is 28.3. The predicted octanol–water partition coefficient (Wildman–Crippen LogP) is 3.05. The summed E-state index contributed by atoms with van der Waals surface area (Å²) < 4.78 is 0. The summed E-state index contributed by atoms with van der Waals surface area (Å²) in [5.41, 5.74) is 0. The SMILES string of the molecule is CCCCCC[Si](C)(C)[NH]. The highest BCUT2D eigenvalue weighted by Gasteiger charge is 2.13. The smallest absolute Gasteiger partial charge is 0.134 e. The van der Waals surface area contributed by atoms with Gasteiger partial charge < -0.3 is 0 Å². The second kappa shape index (κ2) is 4.91. The molecule has 2 heteroatoms. The molecule has 0 bridgehead atoms. The highest BCUT2D eigenvalue weighted by molar-refractivity contribution is 6.73. The predicted molar refractivity (Wildman–Crippen MR) is 49.5 cm³/mol. The summed E-state index contributed by atoms with van der Waals surface area (Å²) in [7, 11) is -1.46. The average Bonchev–Trinajstić information content (AvgIpc) is 1.78. The third-order valence-electron chi connectivity index (χ3n) is 1.66. The molecule has 0 heterocycles. The first-order chi connectivity index (χ1) is 4.56. The minimum Gasteiger partial charge on any atom is -0.285 e. The summed E-state index contributed by atoms with van der Waals surface area (Å²) in [4.78, 5) is 0. The van der Waals surface area contributed by atoms with Crippen molar-refractivity contribution < 1.29 is 0 Å². The number of unbranched alkanes of at least 4 members (excludes halogenated alkanes) is 3. The van der Waals surface area contributed by atoms with Crippen molar-refractivity contribution in [2.45, 2.75) is 51.7 Å². The summed E-state index contributed by atoms with van der Waals surface area (Å²) in [6, 6.07) is 1.19. The van der Waals surface area contributed by atoms with Gasteiger partial charge in [-0.2, -0.15) is 0 Å². The van der Waals surface area contributed by atoms with Crippen LogP contribution in [0.3, 0.4) is 0 Å². The van der Waals surface area contributed by atoms with Gasteiger partial charge in [-0.3, -0.25) is 5.40 Å². The molecule has 0 atom stereocenters. The quantitative estimate of drug-likeness (QED) is 0.434. The van der Waals surface area contributed by atoms with Gasteiger partial charge in [0.05, 0.1) is 0 Å². The first-order valence-electron chi connectivity index (χ1n) is 4.31. The van der Waals surface area contributed by atoms with Gasteiger partial charge in [-0.05, 0) is 6.04 Å². The van der Waals surface area contributed by atoms with E-state index in [1.54, 1.807) is 0 Å². The third kappa shape index (κ3) is 8.18. The summed E-state index contributed by atoms with van der Waals surface area (Å²) in [5.74, 6) is 0. The Morgan fingerprint density at radius 3 is 2.10 bits per heavy atom. The minimum atomic E-state index is -1.46. The lowest BCUT2D eigenvalue weighted by Crippen LogP contribution is -2.26. The van der Waals surface area contributed by atoms with Gasteiger partial charge in [-0.25, -0.2) is 0 Å². The molecular formula is C8H20NSi. The molecule has 61 valence electrons. The molecule has 0 aromatic rings. The van der Waals surface area contributed by atoms with Crippen LogP contribution in [-0.4, -0.2) is 8.24 Å². The zero-order chi connectivity index (χ0) is 8.04. The van der Waals surface area contributed by atoms with E-state index in [0.717, 1.165) is 0 Å². The normalized spacial score (nSPS) is 12.0. The molecule has 0 aromatic carbocycles. The first-order valence-corrected chi connectivity index (χ1v) is 7.52. The van der Waals surface area contributed by atoms with Crippen molar-refractivity contribution in [1.29, 1.82) is 0 Å². The molecule has 1 N–H and O–H groups in total. The summed E-state index contributed by atoms with van der Waals surface area (Å²) in [6.45, 7) is 6.47. The Bertz CT molecular complexity index is 75.8. The van der Waals surface area contributed by atoms with Crippen LogP contribution in [0, 0.1) is 0 Å². The summed E-state index contributed by atoms with van der Waals surface area (Å²) in [5, 5.41) is 7.71. The van der Waals surface area contributed by atoms with Crippen LogP contribution in [0.2, 0.25) is 19.1 Å². The van der Waals surface area contributed by atoms with Crippen LogP contribution < -0.4 is 5.40 Å². The fourth-order valence-electron chi connectivity index (χ4n) is 0.994. The van der Waals surface area contributed by atoms with Crippen LogP contribution >= 0.6 is 0 Å². The maximum Gasteiger partial charge on any atom is 0.134 e. The largest absolute Gasteiger partial charge is 0.285 e. The Labute approximate surface area is 66.1 Å². The molecule has 0 aromatic heterocycles. The monoisotopic (exact) mass is 158 g/mol. The van der Waals surface area contributed by atoms with Crippen LogP contribution in [0.4, 0.5) is 0 Å². The Kier molecular flexibility index (Phi) is 5.00. The van der Waals surface area contributed by atoms with Crippen LogP contribution in [0.5, 0.6) is 0 Å². The summed E-state index contributed by atoms with van der Waals surface area (Å²) in [6.07, 6.45) is 5.28. The molecule has 0 fully saturated rings. The van der Waals surface area contributed by atoms with Crippen LogP contribution in [-0.2, 0) is 0 Å². The second-order valence-electron chi connectivity index (χ2n) is 3.69. The van der Waals surface area contributed by atoms with Gasteiger partial charge in [0.25, 0.3) is 0 Å². The molecule has 0 aliphatic rings. The van der Waals surface area contributed by atoms with E-state index in [-0.39, 0.29) is 0 Å². The van der Waals surface area contributed by atoms with Crippen molar-refractivity contribution in [3.8, 4) is 0 Å². The number of rotatable bonds is 5. The Balaban J connectivity index is 3.04. The molecule has 1 nitrogen and oxygen atoms in total. The second-order valence-corrected chi connectivity index (χ2v) is 7.96. The van der Waals surface area contributed by atoms with E-state index in [1.165, 1.54) is 31.7 Å². The van der Waals surface area contributed by atoms with E-state index in [4.69, 9.17) is 5.40 Å². The van der Waals surface area contributed by atoms with E-state index in [1.807, 2.05) is 0 Å². The first kappa shape index (κ1) is 10.2. The van der Waals surface area contributed by atoms with Crippen molar-refractivity contribution in [2.24, 2.45) is 0 Å². The van der Waals surface area contributed by atoms with Gasteiger partial charge in [0.15, 0.2) is 0 Å². The van der Waals surface area contributed by atoms with Gasteiger partial charge in [-0.15, -0.1) is 0 Å². The average molecular weight is 158 g/mol. The highest BCUT2D eigenvalue weighted by Crippen LogP contribution is 2.10. The van der Waals surface area contributed by atoms with E-state index >= 15 is 0 Å². The Morgan fingerprint density at radius 1 is 1.10 bits per heavy atom. The maximum atomic E-state index is 7.71. The van der Waals surface area contributed by atoms with Crippen molar-refractivity contribution in [2.75, 3.05) is 0 Å². The molecule has 10 heavy (non-hydrogen) atoms. The van der Waals surface area contributed by atoms with Crippen molar-refractivity contribution in [1.82, 2.24) is 5.40 Å². The fourth-order valence-corrected chi connectivity index (χ4v) is 2.13. The van der Waals surface area contributed by atoms with Gasteiger partial charge in [0, 0.05) is 0 Å². The van der Waals surface area contributed by atoms with Gasteiger partial charge in [-0.1, -0.05) is 45.7 Å². The Hall–Kier alpha value is 0.177. The maximum absolute atomic E-state index is 7.71. The molecule has 1 radical (unpaired) electrons. The minimum absolute atomic E-state index is 1.19. The number of hydrogen-bond donors (Lipinski definition) is 0. The lowest BCUT2D eigenvalue weighted by molar-refractivity contribution is 0.696. The molecule has 0 aliphatic carbocycles. The van der Waals surface area contributed by atoms with E-state index in [2.05, 4.69) is 20.0 Å². The third-order valence-corrected chi connectivity index (χ3v) is 3.26. The van der Waals surface area contributed by atoms with Gasteiger partial charge >= 0.3 is 0 Å². The molecule has 0 aliphatic heterocycles. The molecular weight excluding hydrogens is 138 g/mol. The summed E-state index contributed by atoms with van der Waals surface area (Å²) >= 11 is 0. The molecule has 0 rings (SSSR count). The van der Waals surface area contributed by atoms with E-state index in [0.29, 0.717) is 0 Å². The number of hydrogen-bond acceptors (Lipinski definition) is 0. The lowest BCUT2D eigenvalue weighted by Gasteiger charge is -2.12. The number of nitrogens with one attached hydrogen (secondary N) is 1. The topological polar surface area (TPSA) is 23.8 Å². The van der Waals surface area contributed by atoms with Gasteiger partial charge in [0.1, 0.15) is 8.24 Å². The molecule has 0 unspecified atom stereocenters. The van der Waals surface area contributed by atoms with E-state index < -0.39 is 8.24 Å². The fraction of sp³-hybridized carbons (Fsp3) is 1.00. The molecule has 0 saturated carbocycles. The molecule has 0 spiro atoms. The zero-order valence-electron chi connectivity index (χ0n) is 7.54. The van der Waals surface area contributed by atoms with E-state index in [9.17, 15) is 0 Å². The zero-order valence-corrected chi connectivity index (χ0v) is 8.54.